The smallest absolute Gasteiger partial charge is 0.251 e. The SMILES string of the molecule is CCOc1cc(CN2CCC(NC(=O)c3cc(OC)cc(OC)c3)CC2)cc(OCC)c1-c1ccc(F)cc1. The van der Waals surface area contributed by atoms with Crippen molar-refractivity contribution < 1.29 is 28.1 Å². The Labute approximate surface area is 229 Å². The van der Waals surface area contributed by atoms with Crippen LogP contribution < -0.4 is 24.3 Å². The second-order valence-corrected chi connectivity index (χ2v) is 9.47. The normalized spacial score (nSPS) is 14.1. The summed E-state index contributed by atoms with van der Waals surface area (Å²) in [5.74, 6) is 2.19. The van der Waals surface area contributed by atoms with E-state index in [0.29, 0.717) is 30.3 Å². The summed E-state index contributed by atoms with van der Waals surface area (Å²) in [7, 11) is 3.13. The highest BCUT2D eigenvalue weighted by Crippen LogP contribution is 2.40. The van der Waals surface area contributed by atoms with Crippen LogP contribution in [0.1, 0.15) is 42.6 Å². The molecule has 3 aromatic carbocycles. The number of piperidine rings is 1. The summed E-state index contributed by atoms with van der Waals surface area (Å²) in [6, 6.07) is 15.8. The van der Waals surface area contributed by atoms with Crippen LogP contribution in [0.15, 0.2) is 54.6 Å². The molecule has 1 amide bonds. The van der Waals surface area contributed by atoms with Crippen molar-refractivity contribution in [2.75, 3.05) is 40.5 Å². The summed E-state index contributed by atoms with van der Waals surface area (Å²) in [5, 5.41) is 3.16. The molecule has 1 fully saturated rings. The van der Waals surface area contributed by atoms with E-state index in [2.05, 4.69) is 22.3 Å². The zero-order chi connectivity index (χ0) is 27.8. The molecule has 7 nitrogen and oxygen atoms in total. The third-order valence-electron chi connectivity index (χ3n) is 6.80. The lowest BCUT2D eigenvalue weighted by atomic mass is 9.99. The molecule has 3 aromatic rings. The highest BCUT2D eigenvalue weighted by Gasteiger charge is 2.23. The Morgan fingerprint density at radius 1 is 0.897 bits per heavy atom. The van der Waals surface area contributed by atoms with E-state index in [1.54, 1.807) is 44.6 Å². The molecule has 0 radical (unpaired) electrons. The van der Waals surface area contributed by atoms with E-state index in [9.17, 15) is 9.18 Å². The van der Waals surface area contributed by atoms with Crippen LogP contribution >= 0.6 is 0 Å². The number of hydrogen-bond donors (Lipinski definition) is 1. The number of rotatable bonds is 11. The molecule has 0 unspecified atom stereocenters. The van der Waals surface area contributed by atoms with Gasteiger partial charge in [-0.2, -0.15) is 0 Å². The van der Waals surface area contributed by atoms with Gasteiger partial charge in [0.05, 0.1) is 33.0 Å². The Morgan fingerprint density at radius 3 is 1.97 bits per heavy atom. The van der Waals surface area contributed by atoms with Gasteiger partial charge in [-0.05, 0) is 74.2 Å². The number of hydrogen-bond acceptors (Lipinski definition) is 6. The van der Waals surface area contributed by atoms with E-state index in [-0.39, 0.29) is 17.8 Å². The summed E-state index contributed by atoms with van der Waals surface area (Å²) in [6.45, 7) is 7.34. The molecule has 0 aromatic heterocycles. The molecule has 0 bridgehead atoms. The third-order valence-corrected chi connectivity index (χ3v) is 6.80. The molecule has 0 aliphatic carbocycles. The molecular weight excluding hydrogens is 499 g/mol. The number of nitrogens with zero attached hydrogens (tertiary/aromatic N) is 1. The Bertz CT molecular complexity index is 1210. The lowest BCUT2D eigenvalue weighted by Crippen LogP contribution is -2.44. The molecule has 1 saturated heterocycles. The number of carbonyl (C=O) groups is 1. The van der Waals surface area contributed by atoms with Crippen LogP contribution in [0.2, 0.25) is 0 Å². The summed E-state index contributed by atoms with van der Waals surface area (Å²) >= 11 is 0. The molecule has 1 N–H and O–H groups in total. The van der Waals surface area contributed by atoms with Gasteiger partial charge in [-0.3, -0.25) is 9.69 Å². The minimum absolute atomic E-state index is 0.0877. The molecule has 8 heteroatoms. The number of ether oxygens (including phenoxy) is 4. The average Bonchev–Trinajstić information content (AvgIpc) is 2.95. The predicted molar refractivity (Wildman–Crippen MR) is 149 cm³/mol. The van der Waals surface area contributed by atoms with Gasteiger partial charge in [-0.25, -0.2) is 4.39 Å². The summed E-state index contributed by atoms with van der Waals surface area (Å²) < 4.78 is 36.2. The van der Waals surface area contributed by atoms with Crippen molar-refractivity contribution in [3.8, 4) is 34.1 Å². The second kappa shape index (κ2) is 13.3. The fourth-order valence-corrected chi connectivity index (χ4v) is 4.88. The highest BCUT2D eigenvalue weighted by atomic mass is 19.1. The summed E-state index contributed by atoms with van der Waals surface area (Å²) in [6.07, 6.45) is 1.69. The maximum Gasteiger partial charge on any atom is 0.251 e. The van der Waals surface area contributed by atoms with E-state index >= 15 is 0 Å². The number of carbonyl (C=O) groups excluding carboxylic acids is 1. The Morgan fingerprint density at radius 2 is 1.46 bits per heavy atom. The minimum atomic E-state index is -0.283. The van der Waals surface area contributed by atoms with Gasteiger partial charge in [-0.15, -0.1) is 0 Å². The van der Waals surface area contributed by atoms with Gasteiger partial charge in [-0.1, -0.05) is 12.1 Å². The van der Waals surface area contributed by atoms with Crippen LogP contribution in [0.3, 0.4) is 0 Å². The van der Waals surface area contributed by atoms with Gasteiger partial charge in [0.15, 0.2) is 0 Å². The Hall–Kier alpha value is -3.78. The maximum atomic E-state index is 13.6. The molecule has 39 heavy (non-hydrogen) atoms. The maximum absolute atomic E-state index is 13.6. The van der Waals surface area contributed by atoms with Crippen molar-refractivity contribution >= 4 is 5.91 Å². The Balaban J connectivity index is 1.43. The van der Waals surface area contributed by atoms with Crippen LogP contribution in [0, 0.1) is 5.82 Å². The third kappa shape index (κ3) is 7.20. The number of amides is 1. The summed E-state index contributed by atoms with van der Waals surface area (Å²) in [4.78, 5) is 15.3. The van der Waals surface area contributed by atoms with E-state index < -0.39 is 0 Å². The van der Waals surface area contributed by atoms with Crippen molar-refractivity contribution in [1.29, 1.82) is 0 Å². The molecule has 1 heterocycles. The van der Waals surface area contributed by atoms with Crippen LogP contribution in [0.4, 0.5) is 4.39 Å². The van der Waals surface area contributed by atoms with Crippen LogP contribution in [-0.2, 0) is 6.54 Å². The number of likely N-dealkylation sites (tertiary alicyclic amines) is 1. The van der Waals surface area contributed by atoms with E-state index in [0.717, 1.165) is 60.7 Å². The van der Waals surface area contributed by atoms with Crippen LogP contribution in [-0.4, -0.2) is 57.4 Å². The van der Waals surface area contributed by atoms with E-state index in [1.807, 2.05) is 13.8 Å². The van der Waals surface area contributed by atoms with Crippen molar-refractivity contribution in [2.24, 2.45) is 0 Å². The monoisotopic (exact) mass is 536 g/mol. The van der Waals surface area contributed by atoms with Gasteiger partial charge < -0.3 is 24.3 Å². The van der Waals surface area contributed by atoms with Crippen molar-refractivity contribution in [3.05, 3.63) is 71.5 Å². The van der Waals surface area contributed by atoms with Gasteiger partial charge in [0.25, 0.3) is 5.91 Å². The number of halogens is 1. The molecule has 0 saturated carbocycles. The number of benzene rings is 3. The Kier molecular flexibility index (Phi) is 9.65. The van der Waals surface area contributed by atoms with E-state index in [1.165, 1.54) is 12.1 Å². The molecule has 0 atom stereocenters. The second-order valence-electron chi connectivity index (χ2n) is 9.47. The number of nitrogens with one attached hydrogen (secondary N) is 1. The zero-order valence-electron chi connectivity index (χ0n) is 23.1. The molecule has 1 aliphatic rings. The fraction of sp³-hybridized carbons (Fsp3) is 0.387. The zero-order valence-corrected chi connectivity index (χ0v) is 23.1. The molecular formula is C31H37FN2O5. The van der Waals surface area contributed by atoms with Crippen molar-refractivity contribution in [2.45, 2.75) is 39.3 Å². The first-order chi connectivity index (χ1) is 18.9. The van der Waals surface area contributed by atoms with Gasteiger partial charge >= 0.3 is 0 Å². The largest absolute Gasteiger partial charge is 0.497 e. The minimum Gasteiger partial charge on any atom is -0.497 e. The average molecular weight is 537 g/mol. The lowest BCUT2D eigenvalue weighted by Gasteiger charge is -2.32. The lowest BCUT2D eigenvalue weighted by molar-refractivity contribution is 0.0908. The first-order valence-corrected chi connectivity index (χ1v) is 13.4. The molecule has 1 aliphatic heterocycles. The van der Waals surface area contributed by atoms with Crippen LogP contribution in [0.5, 0.6) is 23.0 Å². The van der Waals surface area contributed by atoms with E-state index in [4.69, 9.17) is 18.9 Å². The summed E-state index contributed by atoms with van der Waals surface area (Å²) in [5.41, 5.74) is 3.28. The molecule has 208 valence electrons. The van der Waals surface area contributed by atoms with Gasteiger partial charge in [0.1, 0.15) is 28.8 Å². The highest BCUT2D eigenvalue weighted by molar-refractivity contribution is 5.95. The molecule has 4 rings (SSSR count). The first kappa shape index (κ1) is 28.2. The van der Waals surface area contributed by atoms with Crippen LogP contribution in [0.25, 0.3) is 11.1 Å². The van der Waals surface area contributed by atoms with Gasteiger partial charge in [0, 0.05) is 37.3 Å². The van der Waals surface area contributed by atoms with Crippen molar-refractivity contribution in [1.82, 2.24) is 10.2 Å². The van der Waals surface area contributed by atoms with Crippen molar-refractivity contribution in [3.63, 3.8) is 0 Å². The topological polar surface area (TPSA) is 69.3 Å². The standard InChI is InChI=1S/C31H37FN2O5/c1-5-38-28-15-21(16-29(39-6-2)30(28)22-7-9-24(32)10-8-22)20-34-13-11-25(12-14-34)33-31(35)23-17-26(36-3)19-27(18-23)37-4/h7-10,15-19,25H,5-6,11-14,20H2,1-4H3,(H,33,35). The first-order valence-electron chi connectivity index (χ1n) is 13.4. The van der Waals surface area contributed by atoms with Gasteiger partial charge in [0.2, 0.25) is 0 Å². The fourth-order valence-electron chi connectivity index (χ4n) is 4.88. The predicted octanol–water partition coefficient (Wildman–Crippen LogP) is 5.70. The quantitative estimate of drug-likeness (QED) is 0.339. The molecule has 0 spiro atoms. The number of methoxy groups -OCH3 is 2.